The topological polar surface area (TPSA) is 59.1 Å². The van der Waals surface area contributed by atoms with Crippen molar-refractivity contribution in [3.8, 4) is 11.5 Å². The molecule has 6 nitrogen and oxygen atoms in total. The summed E-state index contributed by atoms with van der Waals surface area (Å²) in [5, 5.41) is 0. The lowest BCUT2D eigenvalue weighted by atomic mass is 10.0. The molecular weight excluding hydrogens is 392 g/mol. The van der Waals surface area contributed by atoms with Crippen molar-refractivity contribution in [2.24, 2.45) is 0 Å². The molecule has 0 spiro atoms. The zero-order chi connectivity index (χ0) is 21.2. The quantitative estimate of drug-likeness (QED) is 0.752. The number of rotatable bonds is 4. The van der Waals surface area contributed by atoms with Crippen molar-refractivity contribution >= 4 is 11.8 Å². The Kier molecular flexibility index (Phi) is 5.53. The molecule has 2 amide bonds. The van der Waals surface area contributed by atoms with Crippen LogP contribution in [-0.4, -0.2) is 47.9 Å². The highest BCUT2D eigenvalue weighted by Gasteiger charge is 2.31. The third kappa shape index (κ3) is 4.11. The Labute approximate surface area is 182 Å². The number of fused-ring (bicyclic) bond motifs is 1. The molecular formula is C25H28N2O4. The van der Waals surface area contributed by atoms with Gasteiger partial charge >= 0.3 is 0 Å². The number of nitrogens with zero attached hydrogens (tertiary/aromatic N) is 2. The van der Waals surface area contributed by atoms with Crippen molar-refractivity contribution in [2.75, 3.05) is 26.3 Å². The van der Waals surface area contributed by atoms with Gasteiger partial charge in [-0.25, -0.2) is 0 Å². The Morgan fingerprint density at radius 3 is 2.68 bits per heavy atom. The second kappa shape index (κ2) is 8.61. The zero-order valence-electron chi connectivity index (χ0n) is 17.7. The minimum absolute atomic E-state index is 0.0356. The van der Waals surface area contributed by atoms with E-state index in [1.807, 2.05) is 46.2 Å². The molecule has 0 N–H and O–H groups in total. The summed E-state index contributed by atoms with van der Waals surface area (Å²) < 4.78 is 11.6. The van der Waals surface area contributed by atoms with E-state index in [1.54, 1.807) is 0 Å². The Bertz CT molecular complexity index is 989. The lowest BCUT2D eigenvalue weighted by Gasteiger charge is -2.26. The van der Waals surface area contributed by atoms with Crippen LogP contribution in [0.15, 0.2) is 42.5 Å². The Morgan fingerprint density at radius 2 is 1.84 bits per heavy atom. The van der Waals surface area contributed by atoms with Gasteiger partial charge in [0.15, 0.2) is 11.5 Å². The molecule has 0 aromatic heterocycles. The van der Waals surface area contributed by atoms with Gasteiger partial charge in [0.25, 0.3) is 5.91 Å². The third-order valence-electron chi connectivity index (χ3n) is 6.39. The number of likely N-dealkylation sites (tertiary alicyclic amines) is 2. The summed E-state index contributed by atoms with van der Waals surface area (Å²) in [6.07, 6.45) is 4.34. The average Bonchev–Trinajstić information content (AvgIpc) is 3.36. The second-order valence-corrected chi connectivity index (χ2v) is 8.53. The molecule has 3 aliphatic heterocycles. The first kappa shape index (κ1) is 19.9. The Hall–Kier alpha value is -3.02. The summed E-state index contributed by atoms with van der Waals surface area (Å²) >= 11 is 0. The van der Waals surface area contributed by atoms with Crippen LogP contribution in [0.1, 0.15) is 59.6 Å². The van der Waals surface area contributed by atoms with E-state index in [-0.39, 0.29) is 17.9 Å². The van der Waals surface area contributed by atoms with Gasteiger partial charge < -0.3 is 19.3 Å². The van der Waals surface area contributed by atoms with Crippen LogP contribution in [0.5, 0.6) is 11.5 Å². The monoisotopic (exact) mass is 420 g/mol. The number of amides is 2. The first-order chi connectivity index (χ1) is 15.2. The molecule has 2 aromatic rings. The van der Waals surface area contributed by atoms with E-state index >= 15 is 0 Å². The number of benzene rings is 2. The Morgan fingerprint density at radius 1 is 0.968 bits per heavy atom. The van der Waals surface area contributed by atoms with E-state index in [2.05, 4.69) is 6.07 Å². The van der Waals surface area contributed by atoms with Crippen LogP contribution in [0.4, 0.5) is 0 Å². The highest BCUT2D eigenvalue weighted by atomic mass is 16.5. The molecule has 6 heteroatoms. The normalized spacial score (nSPS) is 20.8. The first-order valence-electron chi connectivity index (χ1n) is 11.3. The standard InChI is InChI=1S/C25H28N2O4/c28-24-8-3-11-26(24)17-18-5-1-6-20(15-18)25(29)27-12-2-7-21(27)19-9-10-22-23(16-19)31-14-4-13-30-22/h1,5-6,9-10,15-16,21H,2-4,7-8,11-14,17H2/t21-/m0/s1. The molecule has 2 saturated heterocycles. The van der Waals surface area contributed by atoms with Crippen molar-refractivity contribution in [1.29, 1.82) is 0 Å². The van der Waals surface area contributed by atoms with Gasteiger partial charge in [-0.3, -0.25) is 9.59 Å². The lowest BCUT2D eigenvalue weighted by molar-refractivity contribution is -0.128. The van der Waals surface area contributed by atoms with Crippen molar-refractivity contribution in [3.05, 3.63) is 59.2 Å². The first-order valence-corrected chi connectivity index (χ1v) is 11.3. The van der Waals surface area contributed by atoms with E-state index in [4.69, 9.17) is 9.47 Å². The van der Waals surface area contributed by atoms with Gasteiger partial charge in [0, 0.05) is 38.0 Å². The summed E-state index contributed by atoms with van der Waals surface area (Å²) in [6, 6.07) is 13.8. The highest BCUT2D eigenvalue weighted by molar-refractivity contribution is 5.95. The maximum absolute atomic E-state index is 13.4. The third-order valence-corrected chi connectivity index (χ3v) is 6.39. The molecule has 0 radical (unpaired) electrons. The van der Waals surface area contributed by atoms with Crippen molar-refractivity contribution in [2.45, 2.75) is 44.7 Å². The zero-order valence-corrected chi connectivity index (χ0v) is 17.7. The minimum Gasteiger partial charge on any atom is -0.490 e. The second-order valence-electron chi connectivity index (χ2n) is 8.53. The highest BCUT2D eigenvalue weighted by Crippen LogP contribution is 2.38. The van der Waals surface area contributed by atoms with E-state index < -0.39 is 0 Å². The summed E-state index contributed by atoms with van der Waals surface area (Å²) in [5.41, 5.74) is 2.78. The van der Waals surface area contributed by atoms with E-state index in [0.29, 0.717) is 31.7 Å². The molecule has 2 aromatic carbocycles. The minimum atomic E-state index is 0.0356. The summed E-state index contributed by atoms with van der Waals surface area (Å²) in [5.74, 6) is 1.79. The van der Waals surface area contributed by atoms with E-state index in [9.17, 15) is 9.59 Å². The SMILES string of the molecule is O=C1CCCN1Cc1cccc(C(=O)N2CCC[C@H]2c2ccc3c(c2)OCCCO3)c1. The Balaban J connectivity index is 1.35. The molecule has 3 heterocycles. The van der Waals surface area contributed by atoms with Crippen LogP contribution in [0.2, 0.25) is 0 Å². The van der Waals surface area contributed by atoms with Gasteiger partial charge in [-0.15, -0.1) is 0 Å². The fraction of sp³-hybridized carbons (Fsp3) is 0.440. The summed E-state index contributed by atoms with van der Waals surface area (Å²) in [6.45, 7) is 3.43. The lowest BCUT2D eigenvalue weighted by Crippen LogP contribution is -2.31. The van der Waals surface area contributed by atoms with Crippen LogP contribution < -0.4 is 9.47 Å². The van der Waals surface area contributed by atoms with Gasteiger partial charge in [-0.2, -0.15) is 0 Å². The van der Waals surface area contributed by atoms with Crippen LogP contribution >= 0.6 is 0 Å². The molecule has 1 atom stereocenters. The maximum Gasteiger partial charge on any atom is 0.254 e. The number of hydrogen-bond acceptors (Lipinski definition) is 4. The maximum atomic E-state index is 13.4. The van der Waals surface area contributed by atoms with Gasteiger partial charge in [0.1, 0.15) is 0 Å². The van der Waals surface area contributed by atoms with Crippen LogP contribution in [0.25, 0.3) is 0 Å². The fourth-order valence-corrected chi connectivity index (χ4v) is 4.80. The van der Waals surface area contributed by atoms with E-state index in [0.717, 1.165) is 61.4 Å². The predicted octanol–water partition coefficient (Wildman–Crippen LogP) is 3.95. The largest absolute Gasteiger partial charge is 0.490 e. The van der Waals surface area contributed by atoms with Crippen LogP contribution in [0.3, 0.4) is 0 Å². The number of carbonyl (C=O) groups excluding carboxylic acids is 2. The van der Waals surface area contributed by atoms with Crippen LogP contribution in [-0.2, 0) is 11.3 Å². The summed E-state index contributed by atoms with van der Waals surface area (Å²) in [4.78, 5) is 29.2. The fourth-order valence-electron chi connectivity index (χ4n) is 4.80. The molecule has 0 bridgehead atoms. The molecule has 5 rings (SSSR count). The van der Waals surface area contributed by atoms with Gasteiger partial charge in [-0.1, -0.05) is 18.2 Å². The molecule has 2 fully saturated rings. The van der Waals surface area contributed by atoms with Crippen LogP contribution in [0, 0.1) is 0 Å². The van der Waals surface area contributed by atoms with Crippen molar-refractivity contribution in [3.63, 3.8) is 0 Å². The molecule has 3 aliphatic rings. The molecule has 0 saturated carbocycles. The van der Waals surface area contributed by atoms with Gasteiger partial charge in [-0.05, 0) is 54.7 Å². The summed E-state index contributed by atoms with van der Waals surface area (Å²) in [7, 11) is 0. The smallest absolute Gasteiger partial charge is 0.254 e. The van der Waals surface area contributed by atoms with Crippen molar-refractivity contribution < 1.29 is 19.1 Å². The van der Waals surface area contributed by atoms with Gasteiger partial charge in [0.05, 0.1) is 19.3 Å². The average molecular weight is 421 g/mol. The predicted molar refractivity (Wildman–Crippen MR) is 116 cm³/mol. The van der Waals surface area contributed by atoms with Gasteiger partial charge in [0.2, 0.25) is 5.91 Å². The number of ether oxygens (including phenoxy) is 2. The van der Waals surface area contributed by atoms with E-state index in [1.165, 1.54) is 0 Å². The molecule has 0 unspecified atom stereocenters. The van der Waals surface area contributed by atoms with Crippen molar-refractivity contribution in [1.82, 2.24) is 9.80 Å². The number of carbonyl (C=O) groups is 2. The molecule has 162 valence electrons. The molecule has 0 aliphatic carbocycles. The molecule has 31 heavy (non-hydrogen) atoms. The number of hydrogen-bond donors (Lipinski definition) is 0.